The maximum absolute atomic E-state index is 11.0. The largest absolute Gasteiger partial charge is 0.296 e. The fourth-order valence-corrected chi connectivity index (χ4v) is 2.53. The zero-order valence-electron chi connectivity index (χ0n) is 11.6. The first-order chi connectivity index (χ1) is 8.63. The summed E-state index contributed by atoms with van der Waals surface area (Å²) in [6.07, 6.45) is 6.70. The molecule has 0 amide bonds. The highest BCUT2D eigenvalue weighted by Gasteiger charge is 2.28. The van der Waals surface area contributed by atoms with Crippen LogP contribution in [0.15, 0.2) is 0 Å². The van der Waals surface area contributed by atoms with E-state index in [4.69, 9.17) is 0 Å². The molecule has 1 unspecified atom stereocenters. The smallest absolute Gasteiger partial charge is 0.172 e. The quantitative estimate of drug-likeness (QED) is 0.728. The van der Waals surface area contributed by atoms with Crippen molar-refractivity contribution in [2.75, 3.05) is 0 Å². The highest BCUT2D eigenvalue weighted by molar-refractivity contribution is 5.73. The summed E-state index contributed by atoms with van der Waals surface area (Å²) in [6, 6.07) is 0.377. The van der Waals surface area contributed by atoms with Crippen molar-refractivity contribution in [3.8, 4) is 0 Å². The van der Waals surface area contributed by atoms with Gasteiger partial charge in [-0.2, -0.15) is 0 Å². The summed E-state index contributed by atoms with van der Waals surface area (Å²) in [5.41, 5.74) is 1.56. The van der Waals surface area contributed by atoms with Gasteiger partial charge in [-0.3, -0.25) is 4.79 Å². The van der Waals surface area contributed by atoms with E-state index in [-0.39, 0.29) is 0 Å². The molecule has 4 heteroatoms. The monoisotopic (exact) mass is 249 g/mol. The average Bonchev–Trinajstić information content (AvgIpc) is 2.66. The molecular weight excluding hydrogens is 226 g/mol. The predicted octanol–water partition coefficient (Wildman–Crippen LogP) is 3.04. The molecule has 18 heavy (non-hydrogen) atoms. The van der Waals surface area contributed by atoms with Crippen molar-refractivity contribution in [1.82, 2.24) is 15.0 Å². The summed E-state index contributed by atoms with van der Waals surface area (Å²) in [6.45, 7) is 6.60. The second kappa shape index (κ2) is 5.63. The Bertz CT molecular complexity index is 407. The third-order valence-corrected chi connectivity index (χ3v) is 4.11. The SMILES string of the molecule is CC(C)CCc1c(C=O)nnn1C(C)C1CCC1. The zero-order valence-corrected chi connectivity index (χ0v) is 11.6. The fraction of sp³-hybridized carbons (Fsp3) is 0.786. The summed E-state index contributed by atoms with van der Waals surface area (Å²) in [4.78, 5) is 11.0. The molecule has 1 aromatic heterocycles. The number of hydrogen-bond donors (Lipinski definition) is 0. The molecule has 1 aliphatic rings. The third-order valence-electron chi connectivity index (χ3n) is 4.11. The predicted molar refractivity (Wildman–Crippen MR) is 70.6 cm³/mol. The molecule has 4 nitrogen and oxygen atoms in total. The summed E-state index contributed by atoms with van der Waals surface area (Å²) >= 11 is 0. The fourth-order valence-electron chi connectivity index (χ4n) is 2.53. The topological polar surface area (TPSA) is 47.8 Å². The lowest BCUT2D eigenvalue weighted by Crippen LogP contribution is -2.25. The first kappa shape index (κ1) is 13.2. The van der Waals surface area contributed by atoms with E-state index in [0.29, 0.717) is 23.6 Å². The zero-order chi connectivity index (χ0) is 13.1. The van der Waals surface area contributed by atoms with Gasteiger partial charge < -0.3 is 0 Å². The van der Waals surface area contributed by atoms with Crippen LogP contribution < -0.4 is 0 Å². The molecule has 0 saturated heterocycles. The van der Waals surface area contributed by atoms with Crippen LogP contribution in [0.5, 0.6) is 0 Å². The minimum absolute atomic E-state index is 0.377. The molecule has 0 aromatic carbocycles. The molecule has 0 N–H and O–H groups in total. The van der Waals surface area contributed by atoms with Crippen molar-refractivity contribution < 1.29 is 4.79 Å². The van der Waals surface area contributed by atoms with E-state index >= 15 is 0 Å². The van der Waals surface area contributed by atoms with Gasteiger partial charge in [0.05, 0.1) is 11.7 Å². The Labute approximate surface area is 109 Å². The number of carbonyl (C=O) groups is 1. The Hall–Kier alpha value is -1.19. The van der Waals surface area contributed by atoms with Gasteiger partial charge in [-0.15, -0.1) is 5.10 Å². The third kappa shape index (κ3) is 2.62. The molecular formula is C14H23N3O. The summed E-state index contributed by atoms with van der Waals surface area (Å²) in [7, 11) is 0. The van der Waals surface area contributed by atoms with Crippen LogP contribution in [0.1, 0.15) is 68.7 Å². The Kier molecular flexibility index (Phi) is 4.15. The van der Waals surface area contributed by atoms with Crippen LogP contribution >= 0.6 is 0 Å². The maximum Gasteiger partial charge on any atom is 0.172 e. The Morgan fingerprint density at radius 1 is 1.39 bits per heavy atom. The number of hydrogen-bond acceptors (Lipinski definition) is 3. The molecule has 0 aliphatic heterocycles. The van der Waals surface area contributed by atoms with Crippen LogP contribution in [0.4, 0.5) is 0 Å². The molecule has 1 fully saturated rings. The highest BCUT2D eigenvalue weighted by atomic mass is 16.1. The molecule has 1 aliphatic carbocycles. The van der Waals surface area contributed by atoms with Crippen LogP contribution in [0, 0.1) is 11.8 Å². The van der Waals surface area contributed by atoms with E-state index in [1.165, 1.54) is 19.3 Å². The lowest BCUT2D eigenvalue weighted by molar-refractivity contribution is 0.111. The average molecular weight is 249 g/mol. The molecule has 0 bridgehead atoms. The standard InChI is InChI=1S/C14H23N3O/c1-10(2)7-8-14-13(9-18)15-16-17(14)11(3)12-5-4-6-12/h9-12H,4-8H2,1-3H3. The Morgan fingerprint density at radius 2 is 2.11 bits per heavy atom. The van der Waals surface area contributed by atoms with E-state index in [2.05, 4.69) is 31.1 Å². The van der Waals surface area contributed by atoms with Gasteiger partial charge >= 0.3 is 0 Å². The van der Waals surface area contributed by atoms with E-state index in [1.807, 2.05) is 4.68 Å². The lowest BCUT2D eigenvalue weighted by Gasteiger charge is -2.32. The van der Waals surface area contributed by atoms with Crippen LogP contribution in [-0.4, -0.2) is 21.3 Å². The van der Waals surface area contributed by atoms with Crippen molar-refractivity contribution in [2.24, 2.45) is 11.8 Å². The van der Waals surface area contributed by atoms with Crippen molar-refractivity contribution in [2.45, 2.75) is 58.9 Å². The molecule has 1 heterocycles. The molecule has 2 rings (SSSR count). The Morgan fingerprint density at radius 3 is 2.61 bits per heavy atom. The van der Waals surface area contributed by atoms with Gasteiger partial charge in [0.1, 0.15) is 5.69 Å². The van der Waals surface area contributed by atoms with Gasteiger partial charge in [0.2, 0.25) is 0 Å². The molecule has 0 spiro atoms. The van der Waals surface area contributed by atoms with E-state index < -0.39 is 0 Å². The van der Waals surface area contributed by atoms with Gasteiger partial charge in [0.15, 0.2) is 6.29 Å². The number of aldehydes is 1. The minimum atomic E-state index is 0.377. The second-order valence-corrected chi connectivity index (χ2v) is 5.85. The molecule has 1 saturated carbocycles. The summed E-state index contributed by atoms with van der Waals surface area (Å²) < 4.78 is 2.00. The number of carbonyl (C=O) groups excluding carboxylic acids is 1. The van der Waals surface area contributed by atoms with Crippen LogP contribution in [-0.2, 0) is 6.42 Å². The van der Waals surface area contributed by atoms with Crippen molar-refractivity contribution in [3.63, 3.8) is 0 Å². The lowest BCUT2D eigenvalue weighted by atomic mass is 9.80. The van der Waals surface area contributed by atoms with Crippen LogP contribution in [0.3, 0.4) is 0 Å². The van der Waals surface area contributed by atoms with Gasteiger partial charge in [-0.1, -0.05) is 25.5 Å². The van der Waals surface area contributed by atoms with Crippen molar-refractivity contribution in [3.05, 3.63) is 11.4 Å². The summed E-state index contributed by atoms with van der Waals surface area (Å²) in [5, 5.41) is 8.22. The highest BCUT2D eigenvalue weighted by Crippen LogP contribution is 2.36. The number of nitrogens with zero attached hydrogens (tertiary/aromatic N) is 3. The van der Waals surface area contributed by atoms with Crippen molar-refractivity contribution >= 4 is 6.29 Å². The molecule has 0 radical (unpaired) electrons. The van der Waals surface area contributed by atoms with E-state index in [9.17, 15) is 4.79 Å². The number of aromatic nitrogens is 3. The van der Waals surface area contributed by atoms with Crippen LogP contribution in [0.25, 0.3) is 0 Å². The second-order valence-electron chi connectivity index (χ2n) is 5.85. The van der Waals surface area contributed by atoms with E-state index in [1.54, 1.807) is 0 Å². The van der Waals surface area contributed by atoms with Gasteiger partial charge in [0.25, 0.3) is 0 Å². The molecule has 100 valence electrons. The summed E-state index contributed by atoms with van der Waals surface area (Å²) in [5.74, 6) is 1.34. The molecule has 1 atom stereocenters. The van der Waals surface area contributed by atoms with Crippen molar-refractivity contribution in [1.29, 1.82) is 0 Å². The first-order valence-electron chi connectivity index (χ1n) is 7.02. The Balaban J connectivity index is 2.17. The van der Waals surface area contributed by atoms with E-state index in [0.717, 1.165) is 24.8 Å². The van der Waals surface area contributed by atoms with Gasteiger partial charge in [-0.25, -0.2) is 4.68 Å². The van der Waals surface area contributed by atoms with Gasteiger partial charge in [-0.05, 0) is 44.4 Å². The van der Waals surface area contributed by atoms with Gasteiger partial charge in [0, 0.05) is 0 Å². The minimum Gasteiger partial charge on any atom is -0.296 e. The first-order valence-corrected chi connectivity index (χ1v) is 7.02. The molecule has 1 aromatic rings. The maximum atomic E-state index is 11.0. The normalized spacial score (nSPS) is 17.8. The van der Waals surface area contributed by atoms with Crippen LogP contribution in [0.2, 0.25) is 0 Å². The number of rotatable bonds is 6.